The van der Waals surface area contributed by atoms with Crippen molar-refractivity contribution in [3.63, 3.8) is 0 Å². The van der Waals surface area contributed by atoms with Crippen LogP contribution in [0.3, 0.4) is 0 Å². The molecule has 0 aliphatic carbocycles. The van der Waals surface area contributed by atoms with Gasteiger partial charge in [0.1, 0.15) is 28.8 Å². The molecule has 1 aromatic carbocycles. The van der Waals surface area contributed by atoms with Crippen LogP contribution in [0.25, 0.3) is 0 Å². The van der Waals surface area contributed by atoms with E-state index in [9.17, 15) is 34.2 Å². The van der Waals surface area contributed by atoms with E-state index in [1.807, 2.05) is 0 Å². The normalized spacial score (nSPS) is 18.2. The minimum absolute atomic E-state index is 0. The number of nitrogens with zero attached hydrogens (tertiary/aromatic N) is 5. The molecule has 218 valence electrons. The third kappa shape index (κ3) is 6.65. The van der Waals surface area contributed by atoms with E-state index < -0.39 is 46.6 Å². The fourth-order valence-electron chi connectivity index (χ4n) is 4.44. The van der Waals surface area contributed by atoms with Crippen molar-refractivity contribution in [3.8, 4) is 5.75 Å². The number of aryl methyl sites for hydroxylation is 2. The number of aromatic nitrogens is 5. The Kier molecular flexibility index (Phi) is 10.0. The molecular weight excluding hydrogens is 611 g/mol. The number of β-lactam (4-membered cyclic amide) rings is 1. The Morgan fingerprint density at radius 2 is 1.98 bits per heavy atom. The number of phenolic OH excluding ortho intramolecular Hbond substituents is 1. The van der Waals surface area contributed by atoms with Crippen LogP contribution in [0.4, 0.5) is 0 Å². The number of pyridine rings is 1. The number of fused-ring (bicyclic) bond motifs is 1. The zero-order valence-corrected chi connectivity index (χ0v) is 26.7. The number of thioether (sulfide) groups is 2. The van der Waals surface area contributed by atoms with Gasteiger partial charge in [0.2, 0.25) is 11.1 Å². The van der Waals surface area contributed by atoms with Gasteiger partial charge in [-0.3, -0.25) is 24.1 Å². The fraction of sp³-hybridized carbons (Fsp3) is 0.280. The second-order valence-corrected chi connectivity index (χ2v) is 11.4. The van der Waals surface area contributed by atoms with Gasteiger partial charge < -0.3 is 30.6 Å². The molecule has 18 heteroatoms. The number of hydrogen-bond acceptors (Lipinski definition) is 12. The SMILES string of the molecule is Cc1cc(=O)c(C(=O)N[C@@H](C(=O)N[C@@H]2C(=O)N3C(C(=O)[O-])=C(CSc4nnnn4C)CS[C@H]23)c2ccc(O)cc2)c[nH]1.[Na+]. The van der Waals surface area contributed by atoms with Gasteiger partial charge in [-0.2, -0.15) is 0 Å². The van der Waals surface area contributed by atoms with Crippen LogP contribution < -0.4 is 50.7 Å². The zero-order valence-electron chi connectivity index (χ0n) is 23.1. The largest absolute Gasteiger partial charge is 1.00 e. The molecule has 4 heterocycles. The maximum Gasteiger partial charge on any atom is 1.00 e. The number of nitrogens with one attached hydrogen (secondary N) is 3. The molecule has 1 saturated heterocycles. The number of benzene rings is 1. The summed E-state index contributed by atoms with van der Waals surface area (Å²) < 4.78 is 1.43. The predicted octanol–water partition coefficient (Wildman–Crippen LogP) is -4.42. The third-order valence-electron chi connectivity index (χ3n) is 6.56. The Morgan fingerprint density at radius 3 is 2.60 bits per heavy atom. The van der Waals surface area contributed by atoms with Crippen molar-refractivity contribution in [2.45, 2.75) is 29.5 Å². The second kappa shape index (κ2) is 13.3. The molecule has 0 saturated carbocycles. The first-order valence-corrected chi connectivity index (χ1v) is 14.4. The van der Waals surface area contributed by atoms with Crippen LogP contribution in [0.2, 0.25) is 0 Å². The van der Waals surface area contributed by atoms with Crippen LogP contribution in [-0.4, -0.2) is 81.8 Å². The smallest absolute Gasteiger partial charge is 0.543 e. The molecule has 4 N–H and O–H groups in total. The van der Waals surface area contributed by atoms with Crippen molar-refractivity contribution in [2.24, 2.45) is 7.05 Å². The van der Waals surface area contributed by atoms with Crippen LogP contribution in [-0.2, 0) is 21.4 Å². The summed E-state index contributed by atoms with van der Waals surface area (Å²) in [7, 11) is 1.64. The van der Waals surface area contributed by atoms with Crippen LogP contribution in [0.15, 0.2) is 57.7 Å². The van der Waals surface area contributed by atoms with Gasteiger partial charge >= 0.3 is 29.6 Å². The molecule has 0 radical (unpaired) electrons. The summed E-state index contributed by atoms with van der Waals surface area (Å²) in [6, 6.07) is 4.27. The number of aromatic amines is 1. The van der Waals surface area contributed by atoms with Crippen LogP contribution >= 0.6 is 23.5 Å². The van der Waals surface area contributed by atoms with E-state index in [4.69, 9.17) is 0 Å². The van der Waals surface area contributed by atoms with Gasteiger partial charge in [-0.05, 0) is 40.6 Å². The summed E-state index contributed by atoms with van der Waals surface area (Å²) in [4.78, 5) is 67.9. The summed E-state index contributed by atoms with van der Waals surface area (Å²) in [6.07, 6.45) is 1.23. The Balaban J connectivity index is 0.00000423. The molecule has 5 rings (SSSR count). The standard InChI is InChI=1S/C25H24N8O7S2.Na/c1-11-7-16(35)15(8-26-11)20(36)27-17(12-3-5-14(34)6-4-12)21(37)28-18-22(38)33-19(24(39)40)13(9-41-23(18)33)10-42-25-29-30-31-32(25)2;/h3-8,17-18,23,34H,9-10H2,1-2H3,(H,26,35)(H,27,36)(H,28,37)(H,39,40);/q;+1/p-1/t17-,18-,23-;/m1./s1. The molecule has 0 bridgehead atoms. The van der Waals surface area contributed by atoms with Gasteiger partial charge in [0, 0.05) is 36.5 Å². The number of aliphatic carboxylic acids is 1. The van der Waals surface area contributed by atoms with Gasteiger partial charge in [0.05, 0.1) is 11.7 Å². The number of tetrazole rings is 1. The topological polar surface area (TPSA) is 215 Å². The molecule has 1 fully saturated rings. The molecule has 2 aliphatic rings. The van der Waals surface area contributed by atoms with E-state index in [1.165, 1.54) is 64.7 Å². The maximum absolute atomic E-state index is 13.5. The molecule has 15 nitrogen and oxygen atoms in total. The number of carbonyl (C=O) groups excluding carboxylic acids is 4. The Hall–Kier alpha value is -3.64. The van der Waals surface area contributed by atoms with Crippen molar-refractivity contribution >= 4 is 47.2 Å². The first-order valence-electron chi connectivity index (χ1n) is 12.4. The molecular formula is C25H23N8NaO7S2. The van der Waals surface area contributed by atoms with Crippen LogP contribution in [0.5, 0.6) is 5.75 Å². The van der Waals surface area contributed by atoms with E-state index in [0.717, 1.165) is 4.90 Å². The van der Waals surface area contributed by atoms with Gasteiger partial charge in [0.25, 0.3) is 11.8 Å². The first kappa shape index (κ1) is 32.3. The van der Waals surface area contributed by atoms with Gasteiger partial charge in [0.15, 0.2) is 5.43 Å². The van der Waals surface area contributed by atoms with E-state index in [-0.39, 0.29) is 63.6 Å². The number of rotatable bonds is 9. The average molecular weight is 635 g/mol. The Morgan fingerprint density at radius 1 is 1.26 bits per heavy atom. The van der Waals surface area contributed by atoms with Gasteiger partial charge in [-0.15, -0.1) is 16.9 Å². The summed E-state index contributed by atoms with van der Waals surface area (Å²) in [6.45, 7) is 1.65. The molecule has 0 unspecified atom stereocenters. The van der Waals surface area contributed by atoms with Crippen molar-refractivity contribution in [1.29, 1.82) is 0 Å². The van der Waals surface area contributed by atoms with E-state index in [0.29, 0.717) is 16.4 Å². The number of H-pyrrole nitrogens is 1. The van der Waals surface area contributed by atoms with Crippen molar-refractivity contribution in [2.75, 3.05) is 11.5 Å². The zero-order chi connectivity index (χ0) is 30.1. The number of hydrogen-bond donors (Lipinski definition) is 4. The van der Waals surface area contributed by atoms with E-state index >= 15 is 0 Å². The average Bonchev–Trinajstić information content (AvgIpc) is 3.37. The number of carbonyl (C=O) groups is 4. The molecule has 2 aromatic heterocycles. The number of carboxylic acids is 1. The minimum Gasteiger partial charge on any atom is -0.543 e. The first-order chi connectivity index (χ1) is 20.0. The molecule has 3 amide bonds. The fourth-order valence-corrected chi connectivity index (χ4v) is 6.78. The number of carboxylic acid groups (broad SMARTS) is 1. The summed E-state index contributed by atoms with van der Waals surface area (Å²) >= 11 is 2.47. The van der Waals surface area contributed by atoms with E-state index in [2.05, 4.69) is 31.1 Å². The van der Waals surface area contributed by atoms with Gasteiger partial charge in [-0.1, -0.05) is 23.9 Å². The Bertz CT molecular complexity index is 1680. The van der Waals surface area contributed by atoms with Crippen molar-refractivity contribution in [3.05, 3.63) is 74.8 Å². The molecule has 3 aromatic rings. The van der Waals surface area contributed by atoms with E-state index in [1.54, 1.807) is 14.0 Å². The van der Waals surface area contributed by atoms with Crippen molar-refractivity contribution in [1.82, 2.24) is 40.7 Å². The third-order valence-corrected chi connectivity index (χ3v) is 9.00. The predicted molar refractivity (Wildman–Crippen MR) is 147 cm³/mol. The van der Waals surface area contributed by atoms with Crippen molar-refractivity contribution < 1.29 is 58.9 Å². The monoisotopic (exact) mass is 634 g/mol. The minimum atomic E-state index is -1.53. The number of amides is 3. The summed E-state index contributed by atoms with van der Waals surface area (Å²) in [5.41, 5.74) is 0.216. The molecule has 0 spiro atoms. The number of aromatic hydroxyl groups is 1. The maximum atomic E-state index is 13.5. The van der Waals surface area contributed by atoms with Crippen LogP contribution in [0.1, 0.15) is 27.7 Å². The van der Waals surface area contributed by atoms with Gasteiger partial charge in [-0.25, -0.2) is 4.68 Å². The van der Waals surface area contributed by atoms with Crippen LogP contribution in [0, 0.1) is 6.92 Å². The Labute approximate surface area is 274 Å². The number of phenols is 1. The molecule has 2 aliphatic heterocycles. The summed E-state index contributed by atoms with van der Waals surface area (Å²) in [5.74, 6) is -3.42. The quantitative estimate of drug-likeness (QED) is 0.0997. The second-order valence-electron chi connectivity index (χ2n) is 9.40. The molecule has 3 atom stereocenters. The summed E-state index contributed by atoms with van der Waals surface area (Å²) in [5, 5.41) is 37.8. The molecule has 43 heavy (non-hydrogen) atoms.